The van der Waals surface area contributed by atoms with Gasteiger partial charge in [0.2, 0.25) is 0 Å². The van der Waals surface area contributed by atoms with E-state index in [1.54, 1.807) is 0 Å². The molecule has 1 atom stereocenters. The van der Waals surface area contributed by atoms with Crippen molar-refractivity contribution < 1.29 is 28.6 Å². The summed E-state index contributed by atoms with van der Waals surface area (Å²) in [6.45, 7) is 6.55. The van der Waals surface area contributed by atoms with Crippen molar-refractivity contribution in [1.82, 2.24) is 0 Å². The van der Waals surface area contributed by atoms with Crippen molar-refractivity contribution in [2.24, 2.45) is 0 Å². The molecule has 0 saturated heterocycles. The first-order valence-electron chi connectivity index (χ1n) is 28.4. The van der Waals surface area contributed by atoms with E-state index in [9.17, 15) is 14.4 Å². The Morgan fingerprint density at radius 2 is 0.537 bits per heavy atom. The van der Waals surface area contributed by atoms with Crippen LogP contribution in [0.4, 0.5) is 0 Å². The molecule has 67 heavy (non-hydrogen) atoms. The van der Waals surface area contributed by atoms with Gasteiger partial charge in [0.25, 0.3) is 0 Å². The van der Waals surface area contributed by atoms with Crippen molar-refractivity contribution in [3.8, 4) is 0 Å². The van der Waals surface area contributed by atoms with E-state index in [1.165, 1.54) is 135 Å². The molecular formula is C61H106O6. The molecule has 0 N–H and O–H groups in total. The molecule has 0 aliphatic carbocycles. The lowest BCUT2D eigenvalue weighted by Gasteiger charge is -2.18. The largest absolute Gasteiger partial charge is 0.462 e. The van der Waals surface area contributed by atoms with Gasteiger partial charge in [-0.25, -0.2) is 0 Å². The summed E-state index contributed by atoms with van der Waals surface area (Å²) in [5, 5.41) is 0. The second-order valence-electron chi connectivity index (χ2n) is 18.8. The topological polar surface area (TPSA) is 78.9 Å². The van der Waals surface area contributed by atoms with Crippen LogP contribution in [-0.2, 0) is 28.6 Å². The molecule has 386 valence electrons. The second-order valence-corrected chi connectivity index (χ2v) is 18.8. The summed E-state index contributed by atoms with van der Waals surface area (Å²) in [6.07, 6.45) is 70.2. The van der Waals surface area contributed by atoms with E-state index in [0.717, 1.165) is 103 Å². The highest BCUT2D eigenvalue weighted by Crippen LogP contribution is 2.14. The van der Waals surface area contributed by atoms with Gasteiger partial charge in [-0.05, 0) is 116 Å². The molecule has 0 fully saturated rings. The summed E-state index contributed by atoms with van der Waals surface area (Å²) in [5.74, 6) is -0.909. The Hall–Kier alpha value is -3.15. The van der Waals surface area contributed by atoms with E-state index in [-0.39, 0.29) is 31.1 Å². The van der Waals surface area contributed by atoms with E-state index >= 15 is 0 Å². The molecule has 0 spiro atoms. The second kappa shape index (κ2) is 55.4. The van der Waals surface area contributed by atoms with Crippen LogP contribution in [0, 0.1) is 0 Å². The van der Waals surface area contributed by atoms with Crippen molar-refractivity contribution in [3.05, 3.63) is 72.9 Å². The molecule has 0 saturated carbocycles. The first kappa shape index (κ1) is 63.8. The molecule has 0 aromatic rings. The van der Waals surface area contributed by atoms with Crippen molar-refractivity contribution in [1.29, 1.82) is 0 Å². The van der Waals surface area contributed by atoms with Crippen molar-refractivity contribution in [2.45, 2.75) is 284 Å². The number of ether oxygens (including phenoxy) is 3. The number of hydrogen-bond acceptors (Lipinski definition) is 6. The van der Waals surface area contributed by atoms with Crippen LogP contribution in [0.15, 0.2) is 72.9 Å². The van der Waals surface area contributed by atoms with Crippen LogP contribution < -0.4 is 0 Å². The molecule has 6 heteroatoms. The van der Waals surface area contributed by atoms with Crippen LogP contribution in [0.1, 0.15) is 278 Å². The molecule has 0 aromatic carbocycles. The maximum atomic E-state index is 12.9. The summed E-state index contributed by atoms with van der Waals surface area (Å²) in [5.41, 5.74) is 0. The third-order valence-electron chi connectivity index (χ3n) is 12.2. The minimum Gasteiger partial charge on any atom is -0.462 e. The van der Waals surface area contributed by atoms with Crippen LogP contribution in [0.3, 0.4) is 0 Å². The van der Waals surface area contributed by atoms with Gasteiger partial charge in [-0.1, -0.05) is 216 Å². The molecule has 0 rings (SSSR count). The van der Waals surface area contributed by atoms with Gasteiger partial charge >= 0.3 is 17.9 Å². The highest BCUT2D eigenvalue weighted by Gasteiger charge is 2.19. The Kier molecular flexibility index (Phi) is 52.8. The lowest BCUT2D eigenvalue weighted by Crippen LogP contribution is -2.30. The van der Waals surface area contributed by atoms with E-state index in [0.29, 0.717) is 19.3 Å². The van der Waals surface area contributed by atoms with E-state index in [4.69, 9.17) is 14.2 Å². The molecule has 0 heterocycles. The monoisotopic (exact) mass is 935 g/mol. The summed E-state index contributed by atoms with van der Waals surface area (Å²) in [4.78, 5) is 38.1. The first-order valence-corrected chi connectivity index (χ1v) is 28.4. The number of unbranched alkanes of at least 4 members (excludes halogenated alkanes) is 28. The molecule has 0 unspecified atom stereocenters. The SMILES string of the molecule is CCCCC/C=C/C/C=C/CCCCCCCCCC(=O)OC[C@@H](COC(=O)CCCCCCC/C=C/C/C=C/CCCCC)OC(=O)CCCCCCCCC/C=C/C/C=C/CCCCC. The van der Waals surface area contributed by atoms with Gasteiger partial charge in [-0.15, -0.1) is 0 Å². The average Bonchev–Trinajstić information content (AvgIpc) is 3.33. The zero-order valence-electron chi connectivity index (χ0n) is 44.2. The fraction of sp³-hybridized carbons (Fsp3) is 0.754. The van der Waals surface area contributed by atoms with Crippen molar-refractivity contribution >= 4 is 17.9 Å². The van der Waals surface area contributed by atoms with Gasteiger partial charge in [-0.3, -0.25) is 14.4 Å². The van der Waals surface area contributed by atoms with Gasteiger partial charge < -0.3 is 14.2 Å². The zero-order chi connectivity index (χ0) is 48.6. The number of hydrogen-bond donors (Lipinski definition) is 0. The van der Waals surface area contributed by atoms with Gasteiger partial charge in [-0.2, -0.15) is 0 Å². The minimum atomic E-state index is -0.789. The Labute approximate surface area is 414 Å². The third kappa shape index (κ3) is 53.7. The van der Waals surface area contributed by atoms with E-state index < -0.39 is 6.10 Å². The molecule has 0 bridgehead atoms. The quantitative estimate of drug-likeness (QED) is 0.0262. The fourth-order valence-corrected chi connectivity index (χ4v) is 7.83. The zero-order valence-corrected chi connectivity index (χ0v) is 44.2. The van der Waals surface area contributed by atoms with Crippen LogP contribution in [-0.4, -0.2) is 37.2 Å². The molecule has 0 aliphatic heterocycles. The smallest absolute Gasteiger partial charge is 0.306 e. The number of rotatable bonds is 51. The number of esters is 3. The van der Waals surface area contributed by atoms with Gasteiger partial charge in [0.15, 0.2) is 6.10 Å². The summed E-state index contributed by atoms with van der Waals surface area (Å²) in [6, 6.07) is 0. The lowest BCUT2D eigenvalue weighted by molar-refractivity contribution is -0.167. The summed E-state index contributed by atoms with van der Waals surface area (Å²) in [7, 11) is 0. The number of carbonyl (C=O) groups is 3. The maximum absolute atomic E-state index is 12.9. The van der Waals surface area contributed by atoms with Crippen molar-refractivity contribution in [2.75, 3.05) is 13.2 Å². The Morgan fingerprint density at radius 3 is 0.821 bits per heavy atom. The lowest BCUT2D eigenvalue weighted by atomic mass is 10.1. The Morgan fingerprint density at radius 1 is 0.299 bits per heavy atom. The highest BCUT2D eigenvalue weighted by atomic mass is 16.6. The normalized spacial score (nSPS) is 12.6. The highest BCUT2D eigenvalue weighted by molar-refractivity contribution is 5.71. The van der Waals surface area contributed by atoms with E-state index in [2.05, 4.69) is 93.7 Å². The first-order chi connectivity index (χ1) is 33.0. The fourth-order valence-electron chi connectivity index (χ4n) is 7.83. The van der Waals surface area contributed by atoms with Crippen LogP contribution in [0.5, 0.6) is 0 Å². The predicted molar refractivity (Wildman–Crippen MR) is 288 cm³/mol. The van der Waals surface area contributed by atoms with E-state index in [1.807, 2.05) is 0 Å². The van der Waals surface area contributed by atoms with Crippen LogP contribution in [0.25, 0.3) is 0 Å². The average molecular weight is 936 g/mol. The molecule has 0 amide bonds. The molecule has 0 radical (unpaired) electrons. The van der Waals surface area contributed by atoms with Crippen LogP contribution in [0.2, 0.25) is 0 Å². The molecular weight excluding hydrogens is 829 g/mol. The van der Waals surface area contributed by atoms with Gasteiger partial charge in [0.05, 0.1) is 0 Å². The molecule has 0 aliphatic rings. The Balaban J connectivity index is 4.43. The molecule has 6 nitrogen and oxygen atoms in total. The summed E-state index contributed by atoms with van der Waals surface area (Å²) < 4.78 is 16.8. The van der Waals surface area contributed by atoms with Gasteiger partial charge in [0.1, 0.15) is 13.2 Å². The van der Waals surface area contributed by atoms with Gasteiger partial charge in [0, 0.05) is 19.3 Å². The minimum absolute atomic E-state index is 0.0871. The third-order valence-corrected chi connectivity index (χ3v) is 12.2. The predicted octanol–water partition coefficient (Wildman–Crippen LogP) is 19.0. The Bertz CT molecular complexity index is 1260. The van der Waals surface area contributed by atoms with Crippen LogP contribution >= 0.6 is 0 Å². The standard InChI is InChI=1S/C61H106O6/c1-4-7-10-13-16-19-22-25-28-30-33-36-39-42-45-48-51-54-60(63)66-57-58(56-65-59(62)53-50-47-44-41-38-35-32-27-24-21-18-15-12-9-6-3)67-61(64)55-52-49-46-43-40-37-34-31-29-26-23-20-17-14-11-8-5-2/h16-21,25-29,32,58H,4-15,22-24,30-31,33-57H2,1-3H3/b19-16+,20-17+,21-18+,28-25+,29-26+,32-27+/t58-/m1/s1. The molecule has 0 aromatic heterocycles. The maximum Gasteiger partial charge on any atom is 0.306 e. The van der Waals surface area contributed by atoms with Crippen molar-refractivity contribution in [3.63, 3.8) is 0 Å². The number of allylic oxidation sites excluding steroid dienone is 12. The summed E-state index contributed by atoms with van der Waals surface area (Å²) >= 11 is 0. The number of carbonyl (C=O) groups excluding carboxylic acids is 3.